The van der Waals surface area contributed by atoms with Crippen LogP contribution in [0.3, 0.4) is 0 Å². The molecular formula is C23H23N5O2. The van der Waals surface area contributed by atoms with E-state index in [1.54, 1.807) is 50.5 Å². The van der Waals surface area contributed by atoms with E-state index in [4.69, 9.17) is 10.00 Å². The van der Waals surface area contributed by atoms with Crippen LogP contribution in [0.5, 0.6) is 5.75 Å². The molecule has 0 unspecified atom stereocenters. The van der Waals surface area contributed by atoms with Crippen LogP contribution < -0.4 is 15.0 Å². The molecule has 0 fully saturated rings. The maximum Gasteiger partial charge on any atom is 0.267 e. The van der Waals surface area contributed by atoms with Gasteiger partial charge < -0.3 is 15.0 Å². The fraction of sp³-hybridized carbons (Fsp3) is 0.217. The van der Waals surface area contributed by atoms with Crippen molar-refractivity contribution in [1.82, 2.24) is 9.97 Å². The number of nitrogens with zero attached hydrogens (tertiary/aromatic N) is 4. The van der Waals surface area contributed by atoms with Gasteiger partial charge in [0.1, 0.15) is 5.75 Å². The summed E-state index contributed by atoms with van der Waals surface area (Å²) in [6, 6.07) is 16.1. The minimum Gasteiger partial charge on any atom is -0.478 e. The maximum atomic E-state index is 12.7. The molecule has 7 nitrogen and oxygen atoms in total. The van der Waals surface area contributed by atoms with Crippen molar-refractivity contribution in [2.75, 3.05) is 24.3 Å². The van der Waals surface area contributed by atoms with Gasteiger partial charge in [0.15, 0.2) is 5.60 Å². The number of benzene rings is 2. The first-order valence-electron chi connectivity index (χ1n) is 9.39. The van der Waals surface area contributed by atoms with Crippen LogP contribution in [-0.2, 0) is 4.79 Å². The molecule has 7 heteroatoms. The quantitative estimate of drug-likeness (QED) is 0.674. The van der Waals surface area contributed by atoms with Crippen molar-refractivity contribution in [3.63, 3.8) is 0 Å². The smallest absolute Gasteiger partial charge is 0.267 e. The molecule has 1 heterocycles. The number of carbonyl (C=O) groups is 1. The molecule has 0 bridgehead atoms. The molecule has 3 aromatic rings. The van der Waals surface area contributed by atoms with Crippen LogP contribution >= 0.6 is 0 Å². The lowest BCUT2D eigenvalue weighted by Gasteiger charge is -2.25. The molecule has 1 amide bonds. The molecule has 0 saturated carbocycles. The van der Waals surface area contributed by atoms with Crippen molar-refractivity contribution in [1.29, 1.82) is 5.26 Å². The van der Waals surface area contributed by atoms with Gasteiger partial charge in [-0.2, -0.15) is 5.26 Å². The molecule has 0 aliphatic heterocycles. The van der Waals surface area contributed by atoms with Crippen LogP contribution in [0.25, 0.3) is 11.1 Å². The van der Waals surface area contributed by atoms with E-state index in [1.807, 2.05) is 43.3 Å². The third kappa shape index (κ3) is 4.92. The molecule has 1 aromatic heterocycles. The Labute approximate surface area is 176 Å². The van der Waals surface area contributed by atoms with Crippen molar-refractivity contribution in [3.05, 3.63) is 66.5 Å². The fourth-order valence-electron chi connectivity index (χ4n) is 2.67. The second-order valence-corrected chi connectivity index (χ2v) is 7.45. The number of anilines is 2. The largest absolute Gasteiger partial charge is 0.478 e. The Hall–Kier alpha value is -3.92. The Kier molecular flexibility index (Phi) is 5.98. The maximum absolute atomic E-state index is 12.7. The average molecular weight is 401 g/mol. The van der Waals surface area contributed by atoms with Gasteiger partial charge in [-0.1, -0.05) is 12.1 Å². The summed E-state index contributed by atoms with van der Waals surface area (Å²) in [5, 5.41) is 11.7. The molecule has 0 radical (unpaired) electrons. The number of nitrogens with one attached hydrogen (secondary N) is 1. The van der Waals surface area contributed by atoms with E-state index >= 15 is 0 Å². The van der Waals surface area contributed by atoms with Crippen molar-refractivity contribution < 1.29 is 9.53 Å². The third-order valence-electron chi connectivity index (χ3n) is 4.42. The second kappa shape index (κ2) is 8.62. The van der Waals surface area contributed by atoms with Crippen LogP contribution in [0, 0.1) is 11.3 Å². The van der Waals surface area contributed by atoms with Crippen molar-refractivity contribution in [2.24, 2.45) is 0 Å². The van der Waals surface area contributed by atoms with E-state index in [9.17, 15) is 4.79 Å². The van der Waals surface area contributed by atoms with Gasteiger partial charge in [0.25, 0.3) is 5.91 Å². The highest BCUT2D eigenvalue weighted by atomic mass is 16.5. The molecule has 0 spiro atoms. The Morgan fingerprint density at radius 1 is 1.00 bits per heavy atom. The highest BCUT2D eigenvalue weighted by molar-refractivity contribution is 5.97. The summed E-state index contributed by atoms with van der Waals surface area (Å²) in [4.78, 5) is 23.2. The van der Waals surface area contributed by atoms with E-state index < -0.39 is 5.60 Å². The minimum atomic E-state index is -1.09. The number of nitriles is 1. The standard InChI is InChI=1S/C23H23N5O2/c1-23(2,30-20-11-5-16(13-24)6-12-20)21(29)27-19-9-7-17(8-10-19)18-14-25-22(26-15-18)28(3)4/h5-12,14-15H,1-4H3,(H,27,29). The van der Waals surface area contributed by atoms with Crippen LogP contribution in [0.1, 0.15) is 19.4 Å². The molecule has 152 valence electrons. The molecule has 0 aliphatic carbocycles. The summed E-state index contributed by atoms with van der Waals surface area (Å²) >= 11 is 0. The van der Waals surface area contributed by atoms with E-state index in [-0.39, 0.29) is 5.91 Å². The minimum absolute atomic E-state index is 0.279. The molecule has 0 aliphatic rings. The second-order valence-electron chi connectivity index (χ2n) is 7.45. The Balaban J connectivity index is 1.66. The first kappa shape index (κ1) is 20.8. The highest BCUT2D eigenvalue weighted by Crippen LogP contribution is 2.23. The summed E-state index contributed by atoms with van der Waals surface area (Å²) in [5.74, 6) is 0.885. The number of ether oxygens (including phenoxy) is 1. The van der Waals surface area contributed by atoms with E-state index in [0.717, 1.165) is 11.1 Å². The zero-order valence-electron chi connectivity index (χ0n) is 17.4. The lowest BCUT2D eigenvalue weighted by Crippen LogP contribution is -2.42. The predicted molar refractivity (Wildman–Crippen MR) is 116 cm³/mol. The van der Waals surface area contributed by atoms with Crippen LogP contribution in [-0.4, -0.2) is 35.6 Å². The number of rotatable bonds is 6. The average Bonchev–Trinajstić information content (AvgIpc) is 2.74. The normalized spacial score (nSPS) is 10.8. The lowest BCUT2D eigenvalue weighted by atomic mass is 10.1. The van der Waals surface area contributed by atoms with Crippen molar-refractivity contribution >= 4 is 17.5 Å². The van der Waals surface area contributed by atoms with Gasteiger partial charge in [-0.25, -0.2) is 9.97 Å². The van der Waals surface area contributed by atoms with Gasteiger partial charge in [0, 0.05) is 37.7 Å². The van der Waals surface area contributed by atoms with Gasteiger partial charge in [0.2, 0.25) is 5.95 Å². The first-order valence-corrected chi connectivity index (χ1v) is 9.39. The summed E-state index contributed by atoms with van der Waals surface area (Å²) in [5.41, 5.74) is 1.94. The zero-order valence-corrected chi connectivity index (χ0v) is 17.4. The summed E-state index contributed by atoms with van der Waals surface area (Å²) in [6.45, 7) is 3.39. The topological polar surface area (TPSA) is 91.1 Å². The number of aromatic nitrogens is 2. The van der Waals surface area contributed by atoms with Crippen molar-refractivity contribution in [3.8, 4) is 22.9 Å². The van der Waals surface area contributed by atoms with Gasteiger partial charge in [-0.15, -0.1) is 0 Å². The molecule has 2 aromatic carbocycles. The molecular weight excluding hydrogens is 378 g/mol. The monoisotopic (exact) mass is 401 g/mol. The summed E-state index contributed by atoms with van der Waals surface area (Å²) in [6.07, 6.45) is 3.54. The van der Waals surface area contributed by atoms with E-state index in [2.05, 4.69) is 21.4 Å². The number of hydrogen-bond donors (Lipinski definition) is 1. The van der Waals surface area contributed by atoms with E-state index in [0.29, 0.717) is 22.9 Å². The molecule has 30 heavy (non-hydrogen) atoms. The number of carbonyl (C=O) groups excluding carboxylic acids is 1. The van der Waals surface area contributed by atoms with Crippen LogP contribution in [0.2, 0.25) is 0 Å². The Morgan fingerprint density at radius 2 is 1.60 bits per heavy atom. The summed E-state index contributed by atoms with van der Waals surface area (Å²) in [7, 11) is 3.78. The number of hydrogen-bond acceptors (Lipinski definition) is 6. The molecule has 3 rings (SSSR count). The van der Waals surface area contributed by atoms with Crippen LogP contribution in [0.15, 0.2) is 60.9 Å². The third-order valence-corrected chi connectivity index (χ3v) is 4.42. The first-order chi connectivity index (χ1) is 14.3. The van der Waals surface area contributed by atoms with Gasteiger partial charge in [0.05, 0.1) is 11.6 Å². The van der Waals surface area contributed by atoms with E-state index in [1.165, 1.54) is 0 Å². The molecule has 0 saturated heterocycles. The van der Waals surface area contributed by atoms with Crippen molar-refractivity contribution in [2.45, 2.75) is 19.4 Å². The van der Waals surface area contributed by atoms with Gasteiger partial charge in [-0.05, 0) is 55.8 Å². The number of amides is 1. The highest BCUT2D eigenvalue weighted by Gasteiger charge is 2.30. The lowest BCUT2D eigenvalue weighted by molar-refractivity contribution is -0.128. The Morgan fingerprint density at radius 3 is 2.13 bits per heavy atom. The van der Waals surface area contributed by atoms with Gasteiger partial charge in [-0.3, -0.25) is 4.79 Å². The predicted octanol–water partition coefficient (Wildman–Crippen LogP) is 3.88. The fourth-order valence-corrected chi connectivity index (χ4v) is 2.67. The molecule has 1 N–H and O–H groups in total. The SMILES string of the molecule is CN(C)c1ncc(-c2ccc(NC(=O)C(C)(C)Oc3ccc(C#N)cc3)cc2)cn1. The van der Waals surface area contributed by atoms with Gasteiger partial charge >= 0.3 is 0 Å². The summed E-state index contributed by atoms with van der Waals surface area (Å²) < 4.78 is 5.82. The zero-order chi connectivity index (χ0) is 21.7. The molecule has 0 atom stereocenters. The Bertz CT molecular complexity index is 1050. The van der Waals surface area contributed by atoms with Crippen LogP contribution in [0.4, 0.5) is 11.6 Å².